The molecule has 0 fully saturated rings. The van der Waals surface area contributed by atoms with Crippen LogP contribution in [0.4, 0.5) is 0 Å². The first-order chi connectivity index (χ1) is 11.1. The molecule has 0 spiro atoms. The maximum atomic E-state index is 4.27. The van der Waals surface area contributed by atoms with Gasteiger partial charge in [0, 0.05) is 13.1 Å². The molecule has 0 heterocycles. The van der Waals surface area contributed by atoms with Gasteiger partial charge < -0.3 is 0 Å². The molecule has 0 radical (unpaired) electrons. The molecule has 2 heteroatoms. The minimum Gasteiger partial charge on any atom is -0.226 e. The number of rotatable bonds is 16. The molecule has 136 valence electrons. The highest BCUT2D eigenvalue weighted by molar-refractivity contribution is 5.40. The molecule has 23 heavy (non-hydrogen) atoms. The van der Waals surface area contributed by atoms with Crippen LogP contribution in [0, 0.1) is 11.8 Å². The maximum Gasteiger partial charge on any atom is 0.0892 e. The van der Waals surface area contributed by atoms with Crippen molar-refractivity contribution in [1.29, 1.82) is 0 Å². The predicted molar refractivity (Wildman–Crippen MR) is 105 cm³/mol. The van der Waals surface area contributed by atoms with E-state index in [4.69, 9.17) is 0 Å². The fraction of sp³-hybridized carbons (Fsp3) is 0.952. The Morgan fingerprint density at radius 1 is 0.522 bits per heavy atom. The molecule has 0 aliphatic carbocycles. The summed E-state index contributed by atoms with van der Waals surface area (Å²) in [6.45, 7) is 11.0. The second kappa shape index (κ2) is 17.7. The summed E-state index contributed by atoms with van der Waals surface area (Å²) in [5.74, 6) is 1.71. The lowest BCUT2D eigenvalue weighted by atomic mass is 10.0. The van der Waals surface area contributed by atoms with Gasteiger partial charge in [0.15, 0.2) is 0 Å². The van der Waals surface area contributed by atoms with Crippen LogP contribution in [0.1, 0.15) is 105 Å². The highest BCUT2D eigenvalue weighted by atomic mass is 14.8. The maximum absolute atomic E-state index is 4.27. The second-order valence-electron chi connectivity index (χ2n) is 7.76. The lowest BCUT2D eigenvalue weighted by Gasteiger charge is -2.03. The second-order valence-corrected chi connectivity index (χ2v) is 7.76. The van der Waals surface area contributed by atoms with Crippen molar-refractivity contribution in [2.24, 2.45) is 21.8 Å². The van der Waals surface area contributed by atoms with E-state index in [0.29, 0.717) is 0 Å². The minimum absolute atomic E-state index is 0.857. The Morgan fingerprint density at radius 3 is 1.26 bits per heavy atom. The quantitative estimate of drug-likeness (QED) is 0.213. The fourth-order valence-corrected chi connectivity index (χ4v) is 2.70. The van der Waals surface area contributed by atoms with Crippen molar-refractivity contribution in [2.45, 2.75) is 105 Å². The van der Waals surface area contributed by atoms with Crippen molar-refractivity contribution < 1.29 is 0 Å². The number of hydrogen-bond donors (Lipinski definition) is 0. The molecule has 0 rings (SSSR count). The zero-order valence-corrected chi connectivity index (χ0v) is 16.4. The van der Waals surface area contributed by atoms with Gasteiger partial charge in [-0.25, -0.2) is 9.98 Å². The first-order valence-electron chi connectivity index (χ1n) is 10.2. The van der Waals surface area contributed by atoms with Gasteiger partial charge in [-0.3, -0.25) is 0 Å². The van der Waals surface area contributed by atoms with Gasteiger partial charge in [-0.05, 0) is 24.7 Å². The molecule has 0 atom stereocenters. The van der Waals surface area contributed by atoms with Crippen LogP contribution in [0.3, 0.4) is 0 Å². The smallest absolute Gasteiger partial charge is 0.0892 e. The average molecular weight is 323 g/mol. The Kier molecular flexibility index (Phi) is 17.3. The molecule has 0 saturated carbocycles. The van der Waals surface area contributed by atoms with Crippen molar-refractivity contribution in [3.63, 3.8) is 0 Å². The van der Waals surface area contributed by atoms with E-state index in [1.807, 2.05) is 0 Å². The van der Waals surface area contributed by atoms with Gasteiger partial charge in [0.2, 0.25) is 0 Å². The van der Waals surface area contributed by atoms with E-state index in [-0.39, 0.29) is 0 Å². The lowest BCUT2D eigenvalue weighted by Crippen LogP contribution is -1.88. The molecule has 0 saturated heterocycles. The van der Waals surface area contributed by atoms with Crippen LogP contribution in [-0.4, -0.2) is 19.1 Å². The third-order valence-corrected chi connectivity index (χ3v) is 4.24. The lowest BCUT2D eigenvalue weighted by molar-refractivity contribution is 0.516. The summed E-state index contributed by atoms with van der Waals surface area (Å²) >= 11 is 0. The molecule has 2 nitrogen and oxygen atoms in total. The third-order valence-electron chi connectivity index (χ3n) is 4.24. The van der Waals surface area contributed by atoms with E-state index in [1.54, 1.807) is 0 Å². The fourth-order valence-electron chi connectivity index (χ4n) is 2.70. The van der Waals surface area contributed by atoms with E-state index in [2.05, 4.69) is 43.7 Å². The summed E-state index contributed by atoms with van der Waals surface area (Å²) in [6, 6.07) is 2.87. The van der Waals surface area contributed by atoms with Crippen molar-refractivity contribution in [3.05, 3.63) is 0 Å². The summed E-state index contributed by atoms with van der Waals surface area (Å²) in [4.78, 5) is 8.53. The molecule has 0 aliphatic rings. The first-order valence-corrected chi connectivity index (χ1v) is 10.2. The SMILES string of the molecule is CC(C)CCCCCCCN=C=NCCCCCCCC(C)C. The van der Waals surface area contributed by atoms with E-state index in [9.17, 15) is 0 Å². The van der Waals surface area contributed by atoms with Gasteiger partial charge in [0.25, 0.3) is 0 Å². The van der Waals surface area contributed by atoms with Crippen molar-refractivity contribution >= 4 is 6.01 Å². The summed E-state index contributed by atoms with van der Waals surface area (Å²) in [6.07, 6.45) is 16.0. The average Bonchev–Trinajstić information content (AvgIpc) is 2.49. The molecule has 0 N–H and O–H groups in total. The molecule has 0 aromatic heterocycles. The van der Waals surface area contributed by atoms with E-state index in [1.165, 1.54) is 77.0 Å². The van der Waals surface area contributed by atoms with Gasteiger partial charge in [-0.15, -0.1) is 0 Å². The largest absolute Gasteiger partial charge is 0.226 e. The molecular formula is C21H42N2. The first kappa shape index (κ1) is 22.4. The normalized spacial score (nSPS) is 11.0. The van der Waals surface area contributed by atoms with Crippen molar-refractivity contribution in [1.82, 2.24) is 0 Å². The number of aliphatic imine (C=N–C) groups is 2. The van der Waals surface area contributed by atoms with Gasteiger partial charge in [-0.2, -0.15) is 0 Å². The highest BCUT2D eigenvalue weighted by Crippen LogP contribution is 2.11. The van der Waals surface area contributed by atoms with Crippen LogP contribution < -0.4 is 0 Å². The number of unbranched alkanes of at least 4 members (excludes halogenated alkanes) is 8. The van der Waals surface area contributed by atoms with E-state index in [0.717, 1.165) is 24.9 Å². The summed E-state index contributed by atoms with van der Waals surface area (Å²) in [5, 5.41) is 0. The van der Waals surface area contributed by atoms with Gasteiger partial charge in [0.05, 0.1) is 6.01 Å². The molecular weight excluding hydrogens is 280 g/mol. The Morgan fingerprint density at radius 2 is 0.870 bits per heavy atom. The topological polar surface area (TPSA) is 24.7 Å². The van der Waals surface area contributed by atoms with Crippen LogP contribution in [0.15, 0.2) is 9.98 Å². The standard InChI is InChI=1S/C21H42N2/c1-20(2)15-11-7-5-9-13-17-22-19-23-18-14-10-6-8-12-16-21(3)4/h20-21H,5-18H2,1-4H3. The third kappa shape index (κ3) is 21.4. The Balaban J connectivity index is 3.21. The summed E-state index contributed by atoms with van der Waals surface area (Å²) in [7, 11) is 0. The van der Waals surface area contributed by atoms with Crippen molar-refractivity contribution in [3.8, 4) is 0 Å². The molecule has 0 aromatic rings. The minimum atomic E-state index is 0.857. The summed E-state index contributed by atoms with van der Waals surface area (Å²) in [5.41, 5.74) is 0. The number of nitrogens with zero attached hydrogens (tertiary/aromatic N) is 2. The van der Waals surface area contributed by atoms with E-state index < -0.39 is 0 Å². The molecule has 0 amide bonds. The zero-order valence-electron chi connectivity index (χ0n) is 16.4. The number of hydrogen-bond acceptors (Lipinski definition) is 2. The molecule has 0 bridgehead atoms. The highest BCUT2D eigenvalue weighted by Gasteiger charge is 1.95. The monoisotopic (exact) mass is 322 g/mol. The molecule has 0 aliphatic heterocycles. The van der Waals surface area contributed by atoms with Crippen LogP contribution in [0.25, 0.3) is 0 Å². The van der Waals surface area contributed by atoms with Crippen LogP contribution >= 0.6 is 0 Å². The van der Waals surface area contributed by atoms with Crippen LogP contribution in [0.2, 0.25) is 0 Å². The summed E-state index contributed by atoms with van der Waals surface area (Å²) < 4.78 is 0. The van der Waals surface area contributed by atoms with E-state index >= 15 is 0 Å². The Bertz CT molecular complexity index is 262. The van der Waals surface area contributed by atoms with Gasteiger partial charge in [0.1, 0.15) is 0 Å². The van der Waals surface area contributed by atoms with Gasteiger partial charge >= 0.3 is 0 Å². The Hall–Kier alpha value is -0.620. The zero-order chi connectivity index (χ0) is 17.2. The van der Waals surface area contributed by atoms with Crippen LogP contribution in [0.5, 0.6) is 0 Å². The molecule has 0 unspecified atom stereocenters. The Labute approximate surface area is 146 Å². The predicted octanol–water partition coefficient (Wildman–Crippen LogP) is 7.15. The van der Waals surface area contributed by atoms with Gasteiger partial charge in [-0.1, -0.05) is 91.9 Å². The van der Waals surface area contributed by atoms with Crippen molar-refractivity contribution in [2.75, 3.05) is 13.1 Å². The van der Waals surface area contributed by atoms with Crippen LogP contribution in [-0.2, 0) is 0 Å². The molecule has 0 aromatic carbocycles.